The van der Waals surface area contributed by atoms with Gasteiger partial charge in [-0.05, 0) is 42.3 Å². The lowest BCUT2D eigenvalue weighted by molar-refractivity contribution is -0.384. The van der Waals surface area contributed by atoms with E-state index in [1.807, 2.05) is 0 Å². The molecule has 0 fully saturated rings. The van der Waals surface area contributed by atoms with Crippen molar-refractivity contribution in [1.82, 2.24) is 14.8 Å². The molecule has 4 rings (SSSR count). The van der Waals surface area contributed by atoms with Gasteiger partial charge < -0.3 is 10.1 Å². The van der Waals surface area contributed by atoms with Crippen LogP contribution in [0.2, 0.25) is 5.02 Å². The molecule has 2 heterocycles. The molecule has 0 amide bonds. The molecule has 9 nitrogen and oxygen atoms in total. The zero-order valence-electron chi connectivity index (χ0n) is 15.8. The zero-order valence-corrected chi connectivity index (χ0v) is 16.5. The number of halogens is 1. The summed E-state index contributed by atoms with van der Waals surface area (Å²) >= 11 is 6.04. The van der Waals surface area contributed by atoms with Gasteiger partial charge in [-0.3, -0.25) is 10.1 Å². The van der Waals surface area contributed by atoms with Crippen molar-refractivity contribution in [3.8, 4) is 0 Å². The number of nitro benzene ring substituents is 1. The maximum atomic E-state index is 13.0. The smallest absolute Gasteiger partial charge is 0.338 e. The summed E-state index contributed by atoms with van der Waals surface area (Å²) in [4.78, 5) is 27.8. The predicted octanol–water partition coefficient (Wildman–Crippen LogP) is 3.83. The lowest BCUT2D eigenvalue weighted by Crippen LogP contribution is -2.30. The minimum absolute atomic E-state index is 0.0507. The van der Waals surface area contributed by atoms with Gasteiger partial charge in [0, 0.05) is 17.2 Å². The van der Waals surface area contributed by atoms with E-state index in [0.29, 0.717) is 27.8 Å². The third-order valence-electron chi connectivity index (χ3n) is 4.65. The van der Waals surface area contributed by atoms with Crippen LogP contribution in [0.25, 0.3) is 5.70 Å². The minimum atomic E-state index is -0.620. The largest absolute Gasteiger partial charge is 0.463 e. The number of fused-ring (bicyclic) bond motifs is 1. The molecule has 0 unspecified atom stereocenters. The summed E-state index contributed by atoms with van der Waals surface area (Å²) in [7, 11) is 0. The van der Waals surface area contributed by atoms with E-state index in [0.717, 1.165) is 5.56 Å². The van der Waals surface area contributed by atoms with Crippen molar-refractivity contribution >= 4 is 34.9 Å². The average Bonchev–Trinajstić information content (AvgIpc) is 3.22. The van der Waals surface area contributed by atoms with Crippen LogP contribution in [0.4, 0.5) is 11.6 Å². The number of rotatable bonds is 5. The molecule has 1 aliphatic heterocycles. The molecule has 30 heavy (non-hydrogen) atoms. The quantitative estimate of drug-likeness (QED) is 0.375. The Labute approximate surface area is 176 Å². The Morgan fingerprint density at radius 1 is 1.23 bits per heavy atom. The molecule has 3 aromatic rings. The molecule has 0 saturated heterocycles. The highest BCUT2D eigenvalue weighted by atomic mass is 35.5. The Kier molecular flexibility index (Phi) is 5.20. The minimum Gasteiger partial charge on any atom is -0.463 e. The van der Waals surface area contributed by atoms with Gasteiger partial charge in [-0.25, -0.2) is 9.48 Å². The number of carbonyl (C=O) groups is 1. The standard InChI is InChI=1S/C20H16ClN5O4/c1-2-30-19(27)16-17(12-5-9-15(10-6-12)26(28)29)24-20-22-11-23-25(20)18(16)13-3-7-14(21)8-4-13/h3-11,18H,2H2,1H3,(H,22,23,24)/t18-/m0/s1. The van der Waals surface area contributed by atoms with Crippen LogP contribution in [-0.2, 0) is 9.53 Å². The van der Waals surface area contributed by atoms with Crippen molar-refractivity contribution in [2.45, 2.75) is 13.0 Å². The summed E-state index contributed by atoms with van der Waals surface area (Å²) in [5.74, 6) is -0.101. The number of hydrogen-bond acceptors (Lipinski definition) is 7. The van der Waals surface area contributed by atoms with Gasteiger partial charge in [-0.1, -0.05) is 23.7 Å². The lowest BCUT2D eigenvalue weighted by atomic mass is 9.93. The number of hydrogen-bond donors (Lipinski definition) is 1. The van der Waals surface area contributed by atoms with E-state index >= 15 is 0 Å². The molecule has 1 N–H and O–H groups in total. The second-order valence-electron chi connectivity index (χ2n) is 6.42. The highest BCUT2D eigenvalue weighted by Gasteiger charge is 2.36. The van der Waals surface area contributed by atoms with E-state index in [4.69, 9.17) is 16.3 Å². The topological polar surface area (TPSA) is 112 Å². The summed E-state index contributed by atoms with van der Waals surface area (Å²) in [6.45, 7) is 1.91. The van der Waals surface area contributed by atoms with Crippen LogP contribution in [0, 0.1) is 10.1 Å². The van der Waals surface area contributed by atoms with Gasteiger partial charge in [0.25, 0.3) is 5.69 Å². The fourth-order valence-electron chi connectivity index (χ4n) is 3.32. The SMILES string of the molecule is CCOC(=O)C1=C(c2ccc([N+](=O)[O-])cc2)Nc2ncnn2[C@H]1c1ccc(Cl)cc1. The van der Waals surface area contributed by atoms with Crippen molar-refractivity contribution in [3.63, 3.8) is 0 Å². The van der Waals surface area contributed by atoms with Gasteiger partial charge in [0.05, 0.1) is 22.8 Å². The monoisotopic (exact) mass is 425 g/mol. The zero-order chi connectivity index (χ0) is 21.3. The predicted molar refractivity (Wildman–Crippen MR) is 110 cm³/mol. The van der Waals surface area contributed by atoms with Crippen LogP contribution in [0.1, 0.15) is 24.1 Å². The van der Waals surface area contributed by atoms with E-state index in [2.05, 4.69) is 15.4 Å². The molecule has 0 saturated carbocycles. The normalized spacial score (nSPS) is 15.3. The van der Waals surface area contributed by atoms with Gasteiger partial charge >= 0.3 is 5.97 Å². The van der Waals surface area contributed by atoms with Crippen molar-refractivity contribution in [1.29, 1.82) is 0 Å². The number of ether oxygens (including phenoxy) is 1. The van der Waals surface area contributed by atoms with Crippen LogP contribution in [0.15, 0.2) is 60.4 Å². The molecular formula is C20H16ClN5O4. The first kappa shape index (κ1) is 19.6. The second-order valence-corrected chi connectivity index (χ2v) is 6.86. The maximum absolute atomic E-state index is 13.0. The number of anilines is 1. The Morgan fingerprint density at radius 3 is 2.57 bits per heavy atom. The van der Waals surface area contributed by atoms with Crippen molar-refractivity contribution in [2.24, 2.45) is 0 Å². The third-order valence-corrected chi connectivity index (χ3v) is 4.90. The molecular weight excluding hydrogens is 410 g/mol. The summed E-state index contributed by atoms with van der Waals surface area (Å²) in [6.07, 6.45) is 1.38. The molecule has 2 aromatic carbocycles. The number of esters is 1. The molecule has 152 valence electrons. The van der Waals surface area contributed by atoms with E-state index in [-0.39, 0.29) is 12.3 Å². The van der Waals surface area contributed by atoms with Crippen molar-refractivity contribution in [2.75, 3.05) is 11.9 Å². The van der Waals surface area contributed by atoms with Crippen LogP contribution in [-0.4, -0.2) is 32.3 Å². The third kappa shape index (κ3) is 3.50. The number of aromatic nitrogens is 3. The molecule has 0 aliphatic carbocycles. The van der Waals surface area contributed by atoms with E-state index < -0.39 is 16.9 Å². The van der Waals surface area contributed by atoms with Gasteiger partial charge in [0.1, 0.15) is 12.4 Å². The van der Waals surface area contributed by atoms with Crippen LogP contribution in [0.3, 0.4) is 0 Å². The maximum Gasteiger partial charge on any atom is 0.338 e. The molecule has 10 heteroatoms. The fraction of sp³-hybridized carbons (Fsp3) is 0.150. The van der Waals surface area contributed by atoms with Crippen LogP contribution < -0.4 is 5.32 Å². The number of benzene rings is 2. The molecule has 0 bridgehead atoms. The van der Waals surface area contributed by atoms with Crippen molar-refractivity contribution < 1.29 is 14.5 Å². The summed E-state index contributed by atoms with van der Waals surface area (Å²) in [5, 5.41) is 19.0. The average molecular weight is 426 g/mol. The number of carbonyl (C=O) groups excluding carboxylic acids is 1. The molecule has 1 aromatic heterocycles. The highest BCUT2D eigenvalue weighted by Crippen LogP contribution is 2.39. The Balaban J connectivity index is 1.92. The number of nitrogens with one attached hydrogen (secondary N) is 1. The first-order valence-corrected chi connectivity index (χ1v) is 9.45. The number of nitro groups is 1. The molecule has 1 atom stereocenters. The van der Waals surface area contributed by atoms with Crippen LogP contribution in [0.5, 0.6) is 0 Å². The first-order chi connectivity index (χ1) is 14.5. The Bertz CT molecular complexity index is 1140. The number of non-ortho nitro benzene ring substituents is 1. The van der Waals surface area contributed by atoms with Gasteiger partial charge in [0.15, 0.2) is 0 Å². The van der Waals surface area contributed by atoms with Gasteiger partial charge in [-0.15, -0.1) is 0 Å². The van der Waals surface area contributed by atoms with Gasteiger partial charge in [-0.2, -0.15) is 10.1 Å². The fourth-order valence-corrected chi connectivity index (χ4v) is 3.45. The van der Waals surface area contributed by atoms with E-state index in [1.54, 1.807) is 48.0 Å². The first-order valence-electron chi connectivity index (χ1n) is 9.07. The molecule has 0 spiro atoms. The summed E-state index contributed by atoms with van der Waals surface area (Å²) in [6, 6.07) is 12.3. The van der Waals surface area contributed by atoms with Crippen molar-refractivity contribution in [3.05, 3.63) is 86.7 Å². The molecule has 1 aliphatic rings. The Hall–Kier alpha value is -3.72. The number of nitrogens with zero attached hydrogens (tertiary/aromatic N) is 4. The van der Waals surface area contributed by atoms with Gasteiger partial charge in [0.2, 0.25) is 5.95 Å². The summed E-state index contributed by atoms with van der Waals surface area (Å²) in [5.41, 5.74) is 2.05. The van der Waals surface area contributed by atoms with Crippen LogP contribution >= 0.6 is 11.6 Å². The highest BCUT2D eigenvalue weighted by molar-refractivity contribution is 6.30. The summed E-state index contributed by atoms with van der Waals surface area (Å²) < 4.78 is 6.92. The lowest BCUT2D eigenvalue weighted by Gasteiger charge is -2.29. The van der Waals surface area contributed by atoms with E-state index in [1.165, 1.54) is 18.5 Å². The second kappa shape index (κ2) is 7.96. The molecule has 0 radical (unpaired) electrons. The Morgan fingerprint density at radius 2 is 1.93 bits per heavy atom. The van der Waals surface area contributed by atoms with E-state index in [9.17, 15) is 14.9 Å².